The van der Waals surface area contributed by atoms with E-state index in [1.807, 2.05) is 41.3 Å². The topological polar surface area (TPSA) is 76.0 Å². The first-order valence-electron chi connectivity index (χ1n) is 8.57. The van der Waals surface area contributed by atoms with Gasteiger partial charge in [0.2, 0.25) is 5.79 Å². The van der Waals surface area contributed by atoms with Gasteiger partial charge in [-0.3, -0.25) is 4.90 Å². The monoisotopic (exact) mass is 328 g/mol. The van der Waals surface area contributed by atoms with Gasteiger partial charge in [0.25, 0.3) is 0 Å². The number of hydrogen-bond acceptors (Lipinski definition) is 5. The van der Waals surface area contributed by atoms with Gasteiger partial charge in [0.15, 0.2) is 0 Å². The summed E-state index contributed by atoms with van der Waals surface area (Å²) in [5.41, 5.74) is 2.24. The Morgan fingerprint density at radius 1 is 1.25 bits per heavy atom. The number of nitrogens with zero attached hydrogens (tertiary/aromatic N) is 1. The Hall–Kier alpha value is -1.66. The van der Waals surface area contributed by atoms with E-state index < -0.39 is 18.1 Å². The second-order valence-electron chi connectivity index (χ2n) is 7.09. The van der Waals surface area contributed by atoms with E-state index in [4.69, 9.17) is 0 Å². The molecule has 2 unspecified atom stereocenters. The molecule has 4 aliphatic rings. The average Bonchev–Trinajstić information content (AvgIpc) is 2.61. The second kappa shape index (κ2) is 5.70. The number of aliphatic hydroxyl groups excluding tert-OH is 1. The lowest BCUT2D eigenvalue weighted by Gasteiger charge is -2.55. The lowest BCUT2D eigenvalue weighted by atomic mass is 9.71. The fourth-order valence-corrected chi connectivity index (χ4v) is 4.56. The Morgan fingerprint density at radius 3 is 2.79 bits per heavy atom. The van der Waals surface area contributed by atoms with Gasteiger partial charge in [0.1, 0.15) is 6.23 Å². The smallest absolute Gasteiger partial charge is 0.206 e. The molecule has 0 aromatic heterocycles. The van der Waals surface area contributed by atoms with Crippen LogP contribution in [0.15, 0.2) is 43.0 Å². The number of rotatable bonds is 3. The predicted octanol–water partition coefficient (Wildman–Crippen LogP) is 1.39. The quantitative estimate of drug-likeness (QED) is 0.498. The van der Waals surface area contributed by atoms with Crippen LogP contribution in [0.1, 0.15) is 18.4 Å². The number of aliphatic hydroxyl groups is 3. The molecule has 128 valence electrons. The minimum Gasteiger partial charge on any atom is -0.381 e. The third-order valence-electron chi connectivity index (χ3n) is 5.83. The standard InChI is InChI=1S/C19H24N2O3/c1-2-12-11-21-17(9-13(12)10-18(21)22)19(23,24)15-7-8-20-16-6-4-3-5-14(15)16/h2-7,12-13,17-18,20,22-24H,1,8-11H2/t12-,13+,17+,18?/m1/s1. The van der Waals surface area contributed by atoms with Crippen molar-refractivity contribution in [2.45, 2.75) is 30.9 Å². The van der Waals surface area contributed by atoms with Crippen molar-refractivity contribution in [2.75, 3.05) is 18.4 Å². The SMILES string of the molecule is C=C[C@@H]1CN2C(O)C[C@@H]1C[C@H]2C(O)(O)C1=CCNc2ccccc21. The zero-order valence-electron chi connectivity index (χ0n) is 13.6. The normalized spacial score (nSPS) is 35.0. The lowest BCUT2D eigenvalue weighted by Crippen LogP contribution is -2.65. The van der Waals surface area contributed by atoms with Crippen LogP contribution in [0.25, 0.3) is 5.57 Å². The van der Waals surface area contributed by atoms with Crippen LogP contribution in [0, 0.1) is 11.8 Å². The summed E-state index contributed by atoms with van der Waals surface area (Å²) in [6, 6.07) is 7.14. The lowest BCUT2D eigenvalue weighted by molar-refractivity contribution is -0.228. The molecule has 0 saturated carbocycles. The van der Waals surface area contributed by atoms with Crippen molar-refractivity contribution in [2.24, 2.45) is 11.8 Å². The van der Waals surface area contributed by atoms with E-state index in [0.29, 0.717) is 37.4 Å². The summed E-state index contributed by atoms with van der Waals surface area (Å²) >= 11 is 0. The predicted molar refractivity (Wildman–Crippen MR) is 93.0 cm³/mol. The van der Waals surface area contributed by atoms with Crippen molar-refractivity contribution >= 4 is 11.3 Å². The summed E-state index contributed by atoms with van der Waals surface area (Å²) in [5, 5.41) is 35.8. The molecule has 5 nitrogen and oxygen atoms in total. The Labute approximate surface area is 141 Å². The fraction of sp³-hybridized carbons (Fsp3) is 0.474. The first kappa shape index (κ1) is 15.8. The maximum atomic E-state index is 11.1. The maximum Gasteiger partial charge on any atom is 0.206 e. The molecule has 24 heavy (non-hydrogen) atoms. The van der Waals surface area contributed by atoms with Crippen molar-refractivity contribution in [3.05, 3.63) is 48.6 Å². The zero-order valence-corrected chi connectivity index (χ0v) is 13.6. The third kappa shape index (κ3) is 2.31. The summed E-state index contributed by atoms with van der Waals surface area (Å²) < 4.78 is 0. The molecule has 5 heteroatoms. The number of para-hydroxylation sites is 1. The molecule has 2 bridgehead atoms. The Morgan fingerprint density at radius 2 is 2.04 bits per heavy atom. The van der Waals surface area contributed by atoms with Gasteiger partial charge in [0, 0.05) is 29.9 Å². The Kier molecular flexibility index (Phi) is 3.77. The molecular weight excluding hydrogens is 304 g/mol. The van der Waals surface area contributed by atoms with Gasteiger partial charge < -0.3 is 20.6 Å². The maximum absolute atomic E-state index is 11.1. The summed E-state index contributed by atoms with van der Waals surface area (Å²) in [5.74, 6) is -1.46. The van der Waals surface area contributed by atoms with Crippen LogP contribution in [0.4, 0.5) is 5.69 Å². The van der Waals surface area contributed by atoms with Crippen LogP contribution < -0.4 is 5.32 Å². The molecule has 0 aliphatic carbocycles. The van der Waals surface area contributed by atoms with Crippen molar-refractivity contribution in [3.8, 4) is 0 Å². The van der Waals surface area contributed by atoms with Gasteiger partial charge in [-0.1, -0.05) is 30.4 Å². The summed E-state index contributed by atoms with van der Waals surface area (Å²) in [7, 11) is 0. The van der Waals surface area contributed by atoms with Gasteiger partial charge in [0.05, 0.1) is 6.04 Å². The number of anilines is 1. The largest absolute Gasteiger partial charge is 0.381 e. The van der Waals surface area contributed by atoms with Crippen molar-refractivity contribution in [1.82, 2.24) is 4.90 Å². The van der Waals surface area contributed by atoms with Gasteiger partial charge in [-0.2, -0.15) is 0 Å². The van der Waals surface area contributed by atoms with E-state index in [2.05, 4.69) is 11.9 Å². The van der Waals surface area contributed by atoms with Crippen LogP contribution in [0.5, 0.6) is 0 Å². The minimum atomic E-state index is -2.00. The van der Waals surface area contributed by atoms with Crippen LogP contribution >= 0.6 is 0 Å². The third-order valence-corrected chi connectivity index (χ3v) is 5.83. The van der Waals surface area contributed by atoms with Gasteiger partial charge >= 0.3 is 0 Å². The highest BCUT2D eigenvalue weighted by Crippen LogP contribution is 2.46. The molecule has 4 aliphatic heterocycles. The first-order valence-corrected chi connectivity index (χ1v) is 8.57. The summed E-state index contributed by atoms with van der Waals surface area (Å²) in [6.45, 7) is 5.06. The van der Waals surface area contributed by atoms with Crippen LogP contribution in [0.3, 0.4) is 0 Å². The highest BCUT2D eigenvalue weighted by atomic mass is 16.5. The first-order chi connectivity index (χ1) is 11.5. The molecular formula is C19H24N2O3. The number of benzene rings is 1. The van der Waals surface area contributed by atoms with Gasteiger partial charge in [-0.25, -0.2) is 0 Å². The Balaban J connectivity index is 1.69. The van der Waals surface area contributed by atoms with E-state index >= 15 is 0 Å². The molecule has 5 atom stereocenters. The molecule has 5 rings (SSSR count). The number of hydrogen-bond donors (Lipinski definition) is 4. The van der Waals surface area contributed by atoms with E-state index in [9.17, 15) is 15.3 Å². The molecule has 4 N–H and O–H groups in total. The van der Waals surface area contributed by atoms with E-state index in [-0.39, 0.29) is 5.92 Å². The zero-order chi connectivity index (χ0) is 16.9. The molecule has 0 amide bonds. The average molecular weight is 328 g/mol. The molecule has 4 heterocycles. The van der Waals surface area contributed by atoms with Crippen molar-refractivity contribution < 1.29 is 15.3 Å². The molecule has 1 aromatic rings. The molecule has 1 aromatic carbocycles. The molecule has 3 fully saturated rings. The molecule has 0 spiro atoms. The summed E-state index contributed by atoms with van der Waals surface area (Å²) in [6.07, 6.45) is 4.45. The molecule has 3 saturated heterocycles. The number of piperidine rings is 3. The Bertz CT molecular complexity index is 685. The number of fused-ring (bicyclic) bond motifs is 4. The van der Waals surface area contributed by atoms with E-state index in [1.165, 1.54) is 0 Å². The highest BCUT2D eigenvalue weighted by molar-refractivity contribution is 5.82. The van der Waals surface area contributed by atoms with Crippen molar-refractivity contribution in [1.29, 1.82) is 0 Å². The second-order valence-corrected chi connectivity index (χ2v) is 7.09. The highest BCUT2D eigenvalue weighted by Gasteiger charge is 2.53. The van der Waals surface area contributed by atoms with Crippen molar-refractivity contribution in [3.63, 3.8) is 0 Å². The van der Waals surface area contributed by atoms with Gasteiger partial charge in [-0.05, 0) is 30.7 Å². The fourth-order valence-electron chi connectivity index (χ4n) is 4.56. The van der Waals surface area contributed by atoms with Crippen LogP contribution in [-0.2, 0) is 0 Å². The van der Waals surface area contributed by atoms with Crippen LogP contribution in [0.2, 0.25) is 0 Å². The van der Waals surface area contributed by atoms with E-state index in [1.54, 1.807) is 0 Å². The number of nitrogens with one attached hydrogen (secondary N) is 1. The van der Waals surface area contributed by atoms with Crippen LogP contribution in [-0.4, -0.2) is 51.4 Å². The minimum absolute atomic E-state index is 0.240. The molecule has 0 radical (unpaired) electrons. The summed E-state index contributed by atoms with van der Waals surface area (Å²) in [4.78, 5) is 1.83. The van der Waals surface area contributed by atoms with E-state index in [0.717, 1.165) is 11.3 Å². The van der Waals surface area contributed by atoms with Gasteiger partial charge in [-0.15, -0.1) is 6.58 Å².